The molecule has 1 nitrogen and oxygen atoms in total. The zero-order chi connectivity index (χ0) is 14.3. The van der Waals surface area contributed by atoms with E-state index in [0.29, 0.717) is 0 Å². The minimum Gasteiger partial charge on any atom is -0.372 e. The summed E-state index contributed by atoms with van der Waals surface area (Å²) < 4.78 is 0. The Hall–Kier alpha value is -2.54. The third kappa shape index (κ3) is 1.78. The van der Waals surface area contributed by atoms with Crippen molar-refractivity contribution in [1.82, 2.24) is 0 Å². The molecule has 3 aromatic carbocycles. The molecule has 0 aromatic heterocycles. The lowest BCUT2D eigenvalue weighted by Gasteiger charge is -2.30. The first-order valence-electron chi connectivity index (χ1n) is 7.32. The van der Waals surface area contributed by atoms with Crippen LogP contribution in [0, 0.1) is 0 Å². The Balaban J connectivity index is 1.92. The van der Waals surface area contributed by atoms with Crippen molar-refractivity contribution in [2.75, 3.05) is 5.32 Å². The molecular weight excluding hydrogens is 254 g/mol. The summed E-state index contributed by atoms with van der Waals surface area (Å²) in [7, 11) is 0. The van der Waals surface area contributed by atoms with Gasteiger partial charge in [0.2, 0.25) is 0 Å². The fraction of sp³-hybridized carbons (Fsp3) is 0.100. The molecule has 0 radical (unpaired) electrons. The Morgan fingerprint density at radius 2 is 1.10 bits per heavy atom. The van der Waals surface area contributed by atoms with Crippen LogP contribution in [0.4, 0.5) is 5.69 Å². The highest BCUT2D eigenvalue weighted by molar-refractivity contribution is 5.82. The molecule has 4 rings (SSSR count). The van der Waals surface area contributed by atoms with Crippen LogP contribution in [-0.2, 0) is 5.54 Å². The highest BCUT2D eigenvalue weighted by Crippen LogP contribution is 2.48. The summed E-state index contributed by atoms with van der Waals surface area (Å²) in [5, 5.41) is 3.73. The summed E-state index contributed by atoms with van der Waals surface area (Å²) in [4.78, 5) is 0. The number of para-hydroxylation sites is 1. The smallest absolute Gasteiger partial charge is 0.0862 e. The molecule has 0 fully saturated rings. The van der Waals surface area contributed by atoms with Gasteiger partial charge in [-0.15, -0.1) is 0 Å². The van der Waals surface area contributed by atoms with Crippen molar-refractivity contribution < 1.29 is 0 Å². The number of hydrogen-bond donors (Lipinski definition) is 1. The summed E-state index contributed by atoms with van der Waals surface area (Å²) in [5.74, 6) is 0. The van der Waals surface area contributed by atoms with Gasteiger partial charge in [-0.2, -0.15) is 0 Å². The molecule has 1 aliphatic rings. The molecule has 0 bridgehead atoms. The van der Waals surface area contributed by atoms with Gasteiger partial charge in [-0.1, -0.05) is 66.7 Å². The Morgan fingerprint density at radius 3 is 1.67 bits per heavy atom. The van der Waals surface area contributed by atoms with Gasteiger partial charge >= 0.3 is 0 Å². The summed E-state index contributed by atoms with van der Waals surface area (Å²) in [5.41, 5.74) is 6.31. The van der Waals surface area contributed by atoms with E-state index in [-0.39, 0.29) is 5.54 Å². The molecule has 0 unspecified atom stereocenters. The Labute approximate surface area is 125 Å². The molecular formula is C20H17N. The van der Waals surface area contributed by atoms with Gasteiger partial charge in [0.05, 0.1) is 5.54 Å². The third-order valence-electron chi connectivity index (χ3n) is 4.39. The molecule has 0 atom stereocenters. The second-order valence-corrected chi connectivity index (χ2v) is 5.71. The number of benzene rings is 3. The molecule has 1 N–H and O–H groups in total. The maximum absolute atomic E-state index is 3.73. The predicted octanol–water partition coefficient (Wildman–Crippen LogP) is 5.04. The van der Waals surface area contributed by atoms with Crippen molar-refractivity contribution >= 4 is 5.69 Å². The third-order valence-corrected chi connectivity index (χ3v) is 4.39. The van der Waals surface area contributed by atoms with Crippen LogP contribution in [0.1, 0.15) is 18.1 Å². The van der Waals surface area contributed by atoms with E-state index in [1.807, 2.05) is 6.07 Å². The molecule has 102 valence electrons. The molecule has 21 heavy (non-hydrogen) atoms. The molecule has 0 aliphatic heterocycles. The Bertz CT molecular complexity index is 744. The van der Waals surface area contributed by atoms with E-state index in [1.165, 1.54) is 22.3 Å². The first-order valence-corrected chi connectivity index (χ1v) is 7.32. The van der Waals surface area contributed by atoms with Crippen molar-refractivity contribution in [2.24, 2.45) is 0 Å². The summed E-state index contributed by atoms with van der Waals surface area (Å²) >= 11 is 0. The highest BCUT2D eigenvalue weighted by atomic mass is 15.0. The quantitative estimate of drug-likeness (QED) is 0.688. The van der Waals surface area contributed by atoms with Crippen molar-refractivity contribution in [1.29, 1.82) is 0 Å². The fourth-order valence-electron chi connectivity index (χ4n) is 3.40. The molecule has 3 aromatic rings. The minimum atomic E-state index is -0.186. The maximum atomic E-state index is 3.73. The average Bonchev–Trinajstić information content (AvgIpc) is 2.79. The van der Waals surface area contributed by atoms with Crippen molar-refractivity contribution in [2.45, 2.75) is 12.5 Å². The van der Waals surface area contributed by atoms with Crippen LogP contribution in [0.2, 0.25) is 0 Å². The SMILES string of the molecule is CC1(Nc2ccccc2)c2ccccc2-c2ccccc21. The first kappa shape index (κ1) is 12.2. The highest BCUT2D eigenvalue weighted by Gasteiger charge is 2.38. The normalized spacial score (nSPS) is 14.3. The zero-order valence-electron chi connectivity index (χ0n) is 12.0. The average molecular weight is 271 g/mol. The lowest BCUT2D eigenvalue weighted by atomic mass is 9.89. The lowest BCUT2D eigenvalue weighted by Crippen LogP contribution is -2.30. The van der Waals surface area contributed by atoms with Gasteiger partial charge in [0.1, 0.15) is 0 Å². The van der Waals surface area contributed by atoms with E-state index in [4.69, 9.17) is 0 Å². The summed E-state index contributed by atoms with van der Waals surface area (Å²) in [6, 6.07) is 27.8. The van der Waals surface area contributed by atoms with Crippen LogP contribution >= 0.6 is 0 Å². The van der Waals surface area contributed by atoms with E-state index in [9.17, 15) is 0 Å². The van der Waals surface area contributed by atoms with Crippen LogP contribution in [0.3, 0.4) is 0 Å². The van der Waals surface area contributed by atoms with E-state index >= 15 is 0 Å². The van der Waals surface area contributed by atoms with E-state index in [2.05, 4.69) is 85.0 Å². The molecule has 1 aliphatic carbocycles. The number of anilines is 1. The Morgan fingerprint density at radius 1 is 0.619 bits per heavy atom. The molecule has 0 heterocycles. The van der Waals surface area contributed by atoms with Crippen molar-refractivity contribution in [3.63, 3.8) is 0 Å². The van der Waals surface area contributed by atoms with Crippen LogP contribution in [-0.4, -0.2) is 0 Å². The molecule has 0 spiro atoms. The minimum absolute atomic E-state index is 0.186. The van der Waals surface area contributed by atoms with Gasteiger partial charge in [-0.25, -0.2) is 0 Å². The van der Waals surface area contributed by atoms with Crippen LogP contribution < -0.4 is 5.32 Å². The monoisotopic (exact) mass is 271 g/mol. The maximum Gasteiger partial charge on any atom is 0.0862 e. The molecule has 0 saturated carbocycles. The molecule has 0 amide bonds. The van der Waals surface area contributed by atoms with Crippen molar-refractivity contribution in [3.05, 3.63) is 90.0 Å². The summed E-state index contributed by atoms with van der Waals surface area (Å²) in [6.45, 7) is 2.27. The number of fused-ring (bicyclic) bond motifs is 3. The second-order valence-electron chi connectivity index (χ2n) is 5.71. The fourth-order valence-corrected chi connectivity index (χ4v) is 3.40. The van der Waals surface area contributed by atoms with Crippen LogP contribution in [0.15, 0.2) is 78.9 Å². The van der Waals surface area contributed by atoms with E-state index in [0.717, 1.165) is 5.69 Å². The van der Waals surface area contributed by atoms with E-state index < -0.39 is 0 Å². The zero-order valence-corrected chi connectivity index (χ0v) is 12.0. The van der Waals surface area contributed by atoms with Crippen LogP contribution in [0.5, 0.6) is 0 Å². The van der Waals surface area contributed by atoms with Gasteiger partial charge < -0.3 is 5.32 Å². The topological polar surface area (TPSA) is 12.0 Å². The standard InChI is InChI=1S/C20H17N/c1-20(21-15-9-3-2-4-10-15)18-13-7-5-11-16(18)17-12-6-8-14-19(17)20/h2-14,21H,1H3. The first-order chi connectivity index (χ1) is 10.3. The van der Waals surface area contributed by atoms with Gasteiger partial charge in [-0.05, 0) is 41.3 Å². The number of rotatable bonds is 2. The molecule has 1 heteroatoms. The Kier molecular flexibility index (Phi) is 2.61. The number of nitrogens with one attached hydrogen (secondary N) is 1. The van der Waals surface area contributed by atoms with Gasteiger partial charge in [0.15, 0.2) is 0 Å². The molecule has 0 saturated heterocycles. The van der Waals surface area contributed by atoms with Crippen molar-refractivity contribution in [3.8, 4) is 11.1 Å². The largest absolute Gasteiger partial charge is 0.372 e. The van der Waals surface area contributed by atoms with Gasteiger partial charge in [-0.3, -0.25) is 0 Å². The number of hydrogen-bond acceptors (Lipinski definition) is 1. The second kappa shape index (κ2) is 4.49. The van der Waals surface area contributed by atoms with Gasteiger partial charge in [0, 0.05) is 5.69 Å². The summed E-state index contributed by atoms with van der Waals surface area (Å²) in [6.07, 6.45) is 0. The van der Waals surface area contributed by atoms with E-state index in [1.54, 1.807) is 0 Å². The lowest BCUT2D eigenvalue weighted by molar-refractivity contribution is 0.680. The van der Waals surface area contributed by atoms with Gasteiger partial charge in [0.25, 0.3) is 0 Å². The predicted molar refractivity (Wildman–Crippen MR) is 88.4 cm³/mol. The van der Waals surface area contributed by atoms with Crippen LogP contribution in [0.25, 0.3) is 11.1 Å².